The molecule has 1 aliphatic rings. The van der Waals surface area contributed by atoms with Gasteiger partial charge in [-0.25, -0.2) is 0 Å². The van der Waals surface area contributed by atoms with E-state index in [0.717, 1.165) is 19.3 Å². The molecule has 0 unspecified atom stereocenters. The molecule has 1 heterocycles. The molecule has 0 bridgehead atoms. The van der Waals surface area contributed by atoms with Crippen LogP contribution in [0.15, 0.2) is 6.07 Å². The zero-order chi connectivity index (χ0) is 17.0. The van der Waals surface area contributed by atoms with E-state index in [0.29, 0.717) is 30.4 Å². The molecule has 1 aromatic heterocycles. The van der Waals surface area contributed by atoms with E-state index in [1.165, 1.54) is 11.1 Å². The van der Waals surface area contributed by atoms with Crippen LogP contribution in [0.4, 0.5) is 0 Å². The molecular weight excluding hydrogens is 292 g/mol. The zero-order valence-electron chi connectivity index (χ0n) is 14.6. The van der Waals surface area contributed by atoms with Crippen LogP contribution in [0.3, 0.4) is 0 Å². The largest absolute Gasteiger partial charge is 0.348 e. The fourth-order valence-corrected chi connectivity index (χ4v) is 3.23. The van der Waals surface area contributed by atoms with Gasteiger partial charge in [-0.15, -0.1) is 0 Å². The third kappa shape index (κ3) is 3.92. The molecule has 0 aliphatic heterocycles. The fraction of sp³-hybridized carbons (Fsp3) is 0.706. The van der Waals surface area contributed by atoms with Gasteiger partial charge in [-0.05, 0) is 32.6 Å². The minimum absolute atomic E-state index is 0.129. The van der Waals surface area contributed by atoms with Crippen LogP contribution in [0.25, 0.3) is 0 Å². The molecule has 0 spiro atoms. The van der Waals surface area contributed by atoms with Gasteiger partial charge in [0.2, 0.25) is 0 Å². The molecule has 6 nitrogen and oxygen atoms in total. The van der Waals surface area contributed by atoms with Crippen LogP contribution in [0.2, 0.25) is 0 Å². The first-order valence-electron chi connectivity index (χ1n) is 8.62. The van der Waals surface area contributed by atoms with Gasteiger partial charge in [-0.2, -0.15) is 5.10 Å². The van der Waals surface area contributed by atoms with Crippen molar-refractivity contribution < 1.29 is 9.59 Å². The number of carbonyl (C=O) groups excluding carboxylic acids is 2. The van der Waals surface area contributed by atoms with Crippen molar-refractivity contribution in [2.45, 2.75) is 52.5 Å². The molecule has 1 saturated carbocycles. The summed E-state index contributed by atoms with van der Waals surface area (Å²) in [6.45, 7) is 7.31. The molecule has 2 rings (SSSR count). The maximum Gasteiger partial charge on any atom is 0.274 e. The van der Waals surface area contributed by atoms with Crippen molar-refractivity contribution in [3.05, 3.63) is 17.5 Å². The topological polar surface area (TPSA) is 67.2 Å². The molecular formula is C17H28N4O2. The van der Waals surface area contributed by atoms with Gasteiger partial charge in [0.1, 0.15) is 5.69 Å². The van der Waals surface area contributed by atoms with Gasteiger partial charge in [-0.3, -0.25) is 14.3 Å². The number of nitrogens with one attached hydrogen (secondary N) is 1. The van der Waals surface area contributed by atoms with E-state index in [9.17, 15) is 9.59 Å². The standard InChI is InChI=1S/C17H28N4O2/c1-5-21(6-2)17(23)14-11-15(20(4)19-14)16(22)18-13-10-8-7-9-12(13)3/h11-13H,5-10H2,1-4H3,(H,18,22)/t12-,13+/m0/s1. The van der Waals surface area contributed by atoms with Crippen LogP contribution in [-0.2, 0) is 7.05 Å². The van der Waals surface area contributed by atoms with Gasteiger partial charge < -0.3 is 10.2 Å². The number of hydrogen-bond acceptors (Lipinski definition) is 3. The molecule has 6 heteroatoms. The number of rotatable bonds is 5. The van der Waals surface area contributed by atoms with Crippen molar-refractivity contribution in [2.24, 2.45) is 13.0 Å². The second kappa shape index (κ2) is 7.62. The van der Waals surface area contributed by atoms with Crippen LogP contribution >= 0.6 is 0 Å². The Kier molecular flexibility index (Phi) is 5.80. The third-order valence-corrected chi connectivity index (χ3v) is 4.81. The van der Waals surface area contributed by atoms with E-state index < -0.39 is 0 Å². The lowest BCUT2D eigenvalue weighted by Gasteiger charge is -2.29. The van der Waals surface area contributed by atoms with E-state index in [2.05, 4.69) is 17.3 Å². The predicted molar refractivity (Wildman–Crippen MR) is 89.3 cm³/mol. The molecule has 2 atom stereocenters. The molecule has 0 saturated heterocycles. The quantitative estimate of drug-likeness (QED) is 0.904. The van der Waals surface area contributed by atoms with Crippen molar-refractivity contribution in [2.75, 3.05) is 13.1 Å². The van der Waals surface area contributed by atoms with Crippen molar-refractivity contribution >= 4 is 11.8 Å². The average molecular weight is 320 g/mol. The second-order valence-electron chi connectivity index (χ2n) is 6.36. The molecule has 1 aromatic rings. The Morgan fingerprint density at radius 3 is 2.57 bits per heavy atom. The predicted octanol–water partition coefficient (Wildman–Crippen LogP) is 2.21. The van der Waals surface area contributed by atoms with Crippen LogP contribution in [-0.4, -0.2) is 45.6 Å². The van der Waals surface area contributed by atoms with Gasteiger partial charge in [0, 0.05) is 32.2 Å². The first-order chi connectivity index (χ1) is 11.0. The van der Waals surface area contributed by atoms with Crippen molar-refractivity contribution in [3.63, 3.8) is 0 Å². The highest BCUT2D eigenvalue weighted by atomic mass is 16.2. The Hall–Kier alpha value is -1.85. The average Bonchev–Trinajstić information content (AvgIpc) is 2.92. The van der Waals surface area contributed by atoms with E-state index in [-0.39, 0.29) is 17.9 Å². The zero-order valence-corrected chi connectivity index (χ0v) is 14.6. The van der Waals surface area contributed by atoms with Crippen molar-refractivity contribution in [1.82, 2.24) is 20.0 Å². The molecule has 23 heavy (non-hydrogen) atoms. The summed E-state index contributed by atoms with van der Waals surface area (Å²) in [7, 11) is 1.71. The first-order valence-corrected chi connectivity index (χ1v) is 8.62. The Labute approximate surface area is 138 Å². The monoisotopic (exact) mass is 320 g/mol. The summed E-state index contributed by atoms with van der Waals surface area (Å²) < 4.78 is 1.50. The highest BCUT2D eigenvalue weighted by Crippen LogP contribution is 2.24. The second-order valence-corrected chi connectivity index (χ2v) is 6.36. The van der Waals surface area contributed by atoms with E-state index in [4.69, 9.17) is 0 Å². The van der Waals surface area contributed by atoms with Crippen molar-refractivity contribution in [1.29, 1.82) is 0 Å². The van der Waals surface area contributed by atoms with Crippen molar-refractivity contribution in [3.8, 4) is 0 Å². The normalized spacial score (nSPS) is 21.0. The van der Waals surface area contributed by atoms with Gasteiger partial charge >= 0.3 is 0 Å². The maximum absolute atomic E-state index is 12.5. The number of hydrogen-bond donors (Lipinski definition) is 1. The molecule has 1 aliphatic carbocycles. The maximum atomic E-state index is 12.5. The summed E-state index contributed by atoms with van der Waals surface area (Å²) >= 11 is 0. The molecule has 1 N–H and O–H groups in total. The lowest BCUT2D eigenvalue weighted by molar-refractivity contribution is 0.0766. The number of aryl methyl sites for hydroxylation is 1. The molecule has 128 valence electrons. The Bertz CT molecular complexity index is 563. The van der Waals surface area contributed by atoms with Crippen LogP contribution < -0.4 is 5.32 Å². The van der Waals surface area contributed by atoms with E-state index in [1.807, 2.05) is 13.8 Å². The summed E-state index contributed by atoms with van der Waals surface area (Å²) in [6.07, 6.45) is 4.58. The summed E-state index contributed by atoms with van der Waals surface area (Å²) in [6, 6.07) is 1.82. The van der Waals surface area contributed by atoms with E-state index in [1.54, 1.807) is 18.0 Å². The number of nitrogens with zero attached hydrogens (tertiary/aromatic N) is 3. The summed E-state index contributed by atoms with van der Waals surface area (Å²) in [5, 5.41) is 7.34. The summed E-state index contributed by atoms with van der Waals surface area (Å²) in [5.74, 6) is 0.228. The highest BCUT2D eigenvalue weighted by molar-refractivity contribution is 5.98. The van der Waals surface area contributed by atoms with Crippen LogP contribution in [0.1, 0.15) is 67.4 Å². The number of carbonyl (C=O) groups is 2. The first kappa shape index (κ1) is 17.5. The van der Waals surface area contributed by atoms with Gasteiger partial charge in [0.05, 0.1) is 0 Å². The molecule has 0 aromatic carbocycles. The SMILES string of the molecule is CCN(CC)C(=O)c1cc(C(=O)N[C@@H]2CCCC[C@@H]2C)n(C)n1. The summed E-state index contributed by atoms with van der Waals surface area (Å²) in [4.78, 5) is 26.6. The smallest absolute Gasteiger partial charge is 0.274 e. The minimum atomic E-state index is -0.141. The third-order valence-electron chi connectivity index (χ3n) is 4.81. The lowest BCUT2D eigenvalue weighted by atomic mass is 9.86. The Morgan fingerprint density at radius 1 is 1.30 bits per heavy atom. The molecule has 2 amide bonds. The Morgan fingerprint density at radius 2 is 1.96 bits per heavy atom. The fourth-order valence-electron chi connectivity index (χ4n) is 3.23. The van der Waals surface area contributed by atoms with Crippen LogP contribution in [0.5, 0.6) is 0 Å². The van der Waals surface area contributed by atoms with Gasteiger partial charge in [0.15, 0.2) is 5.69 Å². The lowest BCUT2D eigenvalue weighted by Crippen LogP contribution is -2.41. The van der Waals surface area contributed by atoms with Gasteiger partial charge in [0.25, 0.3) is 11.8 Å². The van der Waals surface area contributed by atoms with Crippen LogP contribution in [0, 0.1) is 5.92 Å². The Balaban J connectivity index is 2.10. The number of amides is 2. The minimum Gasteiger partial charge on any atom is -0.348 e. The summed E-state index contributed by atoms with van der Waals surface area (Å²) in [5.41, 5.74) is 0.774. The molecule has 0 radical (unpaired) electrons. The number of aromatic nitrogens is 2. The van der Waals surface area contributed by atoms with Gasteiger partial charge in [-0.1, -0.05) is 19.8 Å². The molecule has 1 fully saturated rings. The van der Waals surface area contributed by atoms with E-state index >= 15 is 0 Å². The highest BCUT2D eigenvalue weighted by Gasteiger charge is 2.26.